The fourth-order valence-corrected chi connectivity index (χ4v) is 5.84. The van der Waals surface area contributed by atoms with E-state index in [0.717, 1.165) is 24.3 Å². The molecular weight excluding hydrogens is 328 g/mol. The van der Waals surface area contributed by atoms with E-state index in [2.05, 4.69) is 15.0 Å². The molecule has 0 amide bonds. The molecule has 2 aromatic rings. The largest absolute Gasteiger partial charge is 0.368 e. The van der Waals surface area contributed by atoms with Gasteiger partial charge in [0, 0.05) is 29.9 Å². The Hall–Kier alpha value is -0.770. The molecule has 0 saturated carbocycles. The molecule has 1 atom stereocenters. The Morgan fingerprint density at radius 1 is 1.52 bits per heavy atom. The first-order valence-electron chi connectivity index (χ1n) is 6.91. The van der Waals surface area contributed by atoms with Crippen molar-refractivity contribution in [3.05, 3.63) is 11.6 Å². The van der Waals surface area contributed by atoms with Crippen LogP contribution in [-0.4, -0.2) is 41.9 Å². The molecule has 3 heterocycles. The number of aromatic nitrogens is 2. The molecule has 0 aromatic carbocycles. The van der Waals surface area contributed by atoms with Crippen LogP contribution in [0.25, 0.3) is 4.96 Å². The number of thioether (sulfide) groups is 1. The van der Waals surface area contributed by atoms with Gasteiger partial charge in [-0.15, -0.1) is 11.3 Å². The number of nitrogens with one attached hydrogen (secondary N) is 2. The van der Waals surface area contributed by atoms with E-state index in [1.54, 1.807) is 22.4 Å². The minimum absolute atomic E-state index is 0.0169. The molecule has 2 aromatic heterocycles. The average molecular weight is 347 g/mol. The summed E-state index contributed by atoms with van der Waals surface area (Å²) in [6.45, 7) is 2.74. The Morgan fingerprint density at radius 3 is 3.10 bits per heavy atom. The zero-order valence-corrected chi connectivity index (χ0v) is 14.2. The van der Waals surface area contributed by atoms with E-state index in [9.17, 15) is 8.42 Å². The lowest BCUT2D eigenvalue weighted by atomic mass is 10.3. The van der Waals surface area contributed by atoms with Gasteiger partial charge in [-0.25, -0.2) is 18.1 Å². The van der Waals surface area contributed by atoms with E-state index < -0.39 is 10.0 Å². The van der Waals surface area contributed by atoms with Crippen LogP contribution in [0.2, 0.25) is 0 Å². The van der Waals surface area contributed by atoms with Crippen LogP contribution in [0.1, 0.15) is 19.8 Å². The highest BCUT2D eigenvalue weighted by Gasteiger charge is 2.29. The van der Waals surface area contributed by atoms with Gasteiger partial charge in [0.1, 0.15) is 0 Å². The first-order valence-corrected chi connectivity index (χ1v) is 10.4. The van der Waals surface area contributed by atoms with Gasteiger partial charge in [-0.05, 0) is 18.6 Å². The van der Waals surface area contributed by atoms with Crippen LogP contribution < -0.4 is 10.0 Å². The standard InChI is InChI=1S/C12H18N4O2S3/c1-2-4-13-10-11(16-5-7-20-12(16)14-10)21(17,18)15-9-3-6-19-8-9/h5,7,9,13,15H,2-4,6,8H2,1H3. The SMILES string of the molecule is CCCNc1nc2sccn2c1S(=O)(=O)NC1CCSC1. The second-order valence-corrected chi connectivity index (χ2v) is 8.58. The third-order valence-corrected chi connectivity index (χ3v) is 6.73. The number of thiazole rings is 1. The molecule has 0 bridgehead atoms. The summed E-state index contributed by atoms with van der Waals surface area (Å²) >= 11 is 3.21. The topological polar surface area (TPSA) is 75.5 Å². The van der Waals surface area contributed by atoms with Crippen molar-refractivity contribution in [2.45, 2.75) is 30.8 Å². The molecule has 2 N–H and O–H groups in total. The van der Waals surface area contributed by atoms with Gasteiger partial charge < -0.3 is 5.32 Å². The van der Waals surface area contributed by atoms with Crippen LogP contribution >= 0.6 is 23.1 Å². The smallest absolute Gasteiger partial charge is 0.260 e. The molecule has 0 spiro atoms. The minimum Gasteiger partial charge on any atom is -0.368 e. The maximum absolute atomic E-state index is 12.7. The predicted octanol–water partition coefficient (Wildman–Crippen LogP) is 2.00. The summed E-state index contributed by atoms with van der Waals surface area (Å²) in [5.74, 6) is 2.29. The summed E-state index contributed by atoms with van der Waals surface area (Å²) in [4.78, 5) is 5.09. The molecule has 1 unspecified atom stereocenters. The summed E-state index contributed by atoms with van der Waals surface area (Å²) < 4.78 is 29.9. The van der Waals surface area contributed by atoms with Crippen molar-refractivity contribution >= 4 is 43.9 Å². The van der Waals surface area contributed by atoms with Crippen molar-refractivity contribution < 1.29 is 8.42 Å². The Balaban J connectivity index is 1.97. The second kappa shape index (κ2) is 6.15. The van der Waals surface area contributed by atoms with Gasteiger partial charge in [0.05, 0.1) is 0 Å². The Labute approximate surface area is 132 Å². The zero-order chi connectivity index (χ0) is 14.9. The first kappa shape index (κ1) is 15.1. The highest BCUT2D eigenvalue weighted by atomic mass is 32.2. The fourth-order valence-electron chi connectivity index (χ4n) is 2.28. The molecule has 116 valence electrons. The summed E-state index contributed by atoms with van der Waals surface area (Å²) in [5, 5.41) is 5.19. The summed E-state index contributed by atoms with van der Waals surface area (Å²) in [6, 6.07) is 0.0169. The van der Waals surface area contributed by atoms with E-state index in [4.69, 9.17) is 0 Å². The average Bonchev–Trinajstić information content (AvgIpc) is 3.10. The monoisotopic (exact) mass is 346 g/mol. The molecule has 1 aliphatic rings. The lowest BCUT2D eigenvalue weighted by Gasteiger charge is -2.13. The molecular formula is C12H18N4O2S3. The third kappa shape index (κ3) is 3.05. The second-order valence-electron chi connectivity index (χ2n) is 4.93. The molecule has 6 nitrogen and oxygen atoms in total. The predicted molar refractivity (Wildman–Crippen MR) is 87.9 cm³/mol. The van der Waals surface area contributed by atoms with Crippen LogP contribution in [-0.2, 0) is 10.0 Å². The fraction of sp³-hybridized carbons (Fsp3) is 0.583. The maximum Gasteiger partial charge on any atom is 0.260 e. The van der Waals surface area contributed by atoms with Gasteiger partial charge in [-0.3, -0.25) is 4.40 Å². The van der Waals surface area contributed by atoms with Crippen LogP contribution in [0.5, 0.6) is 0 Å². The van der Waals surface area contributed by atoms with Crippen molar-refractivity contribution in [3.63, 3.8) is 0 Å². The van der Waals surface area contributed by atoms with Crippen LogP contribution in [0.3, 0.4) is 0 Å². The number of fused-ring (bicyclic) bond motifs is 1. The minimum atomic E-state index is -3.58. The normalized spacial score (nSPS) is 19.4. The highest BCUT2D eigenvalue weighted by molar-refractivity contribution is 7.99. The first-order chi connectivity index (χ1) is 10.1. The van der Waals surface area contributed by atoms with E-state index in [0.29, 0.717) is 17.3 Å². The van der Waals surface area contributed by atoms with Crippen LogP contribution in [0.4, 0.5) is 5.82 Å². The van der Waals surface area contributed by atoms with E-state index in [1.165, 1.54) is 11.3 Å². The van der Waals surface area contributed by atoms with Gasteiger partial charge in [0.15, 0.2) is 15.8 Å². The Morgan fingerprint density at radius 2 is 2.38 bits per heavy atom. The van der Waals surface area contributed by atoms with Gasteiger partial charge in [0.25, 0.3) is 10.0 Å². The molecule has 0 aliphatic carbocycles. The lowest BCUT2D eigenvalue weighted by molar-refractivity contribution is 0.559. The van der Waals surface area contributed by atoms with E-state index in [-0.39, 0.29) is 11.1 Å². The number of hydrogen-bond acceptors (Lipinski definition) is 6. The number of sulfonamides is 1. The highest BCUT2D eigenvalue weighted by Crippen LogP contribution is 2.27. The molecule has 9 heteroatoms. The van der Waals surface area contributed by atoms with Crippen molar-refractivity contribution in [3.8, 4) is 0 Å². The Bertz CT molecular complexity index is 716. The van der Waals surface area contributed by atoms with Gasteiger partial charge in [-0.2, -0.15) is 11.8 Å². The zero-order valence-electron chi connectivity index (χ0n) is 11.7. The van der Waals surface area contributed by atoms with Crippen molar-refractivity contribution in [2.24, 2.45) is 0 Å². The van der Waals surface area contributed by atoms with E-state index in [1.807, 2.05) is 12.3 Å². The van der Waals surface area contributed by atoms with Gasteiger partial charge in [0.2, 0.25) is 0 Å². The quantitative estimate of drug-likeness (QED) is 0.837. The number of rotatable bonds is 6. The van der Waals surface area contributed by atoms with Crippen molar-refractivity contribution in [1.29, 1.82) is 0 Å². The third-order valence-electron chi connectivity index (χ3n) is 3.27. The molecule has 0 radical (unpaired) electrons. The number of imidazole rings is 1. The van der Waals surface area contributed by atoms with Crippen LogP contribution in [0, 0.1) is 0 Å². The lowest BCUT2D eigenvalue weighted by Crippen LogP contribution is -2.35. The van der Waals surface area contributed by atoms with E-state index >= 15 is 0 Å². The molecule has 3 rings (SSSR count). The summed E-state index contributed by atoms with van der Waals surface area (Å²) in [5.41, 5.74) is 0. The number of hydrogen-bond donors (Lipinski definition) is 2. The molecule has 21 heavy (non-hydrogen) atoms. The number of nitrogens with zero attached hydrogens (tertiary/aromatic N) is 2. The molecule has 1 saturated heterocycles. The maximum atomic E-state index is 12.7. The van der Waals surface area contributed by atoms with Gasteiger partial charge in [-0.1, -0.05) is 6.92 Å². The summed E-state index contributed by atoms with van der Waals surface area (Å²) in [6.07, 6.45) is 3.55. The Kier molecular flexibility index (Phi) is 4.43. The van der Waals surface area contributed by atoms with Gasteiger partial charge >= 0.3 is 0 Å². The van der Waals surface area contributed by atoms with Crippen molar-refractivity contribution in [1.82, 2.24) is 14.1 Å². The summed E-state index contributed by atoms with van der Waals surface area (Å²) in [7, 11) is -3.58. The molecule has 1 fully saturated rings. The van der Waals surface area contributed by atoms with Crippen molar-refractivity contribution in [2.75, 3.05) is 23.4 Å². The van der Waals surface area contributed by atoms with Crippen LogP contribution in [0.15, 0.2) is 16.6 Å². The number of anilines is 1. The molecule has 1 aliphatic heterocycles.